The topological polar surface area (TPSA) is 68.2 Å². The van der Waals surface area contributed by atoms with Gasteiger partial charge in [-0.3, -0.25) is 4.90 Å². The highest BCUT2D eigenvalue weighted by molar-refractivity contribution is 5.44. The van der Waals surface area contributed by atoms with Crippen LogP contribution in [0.5, 0.6) is 0 Å². The Morgan fingerprint density at radius 2 is 1.89 bits per heavy atom. The Morgan fingerprint density at radius 3 is 2.53 bits per heavy atom. The molecule has 1 atom stereocenters. The maximum Gasteiger partial charge on any atom is 0.128 e. The Balaban J connectivity index is 2.25. The quantitative estimate of drug-likeness (QED) is 0.876. The summed E-state index contributed by atoms with van der Waals surface area (Å²) in [7, 11) is 0. The van der Waals surface area contributed by atoms with Gasteiger partial charge in [-0.15, -0.1) is 0 Å². The zero-order valence-electron chi connectivity index (χ0n) is 12.3. The van der Waals surface area contributed by atoms with Crippen molar-refractivity contribution < 1.29 is 0 Å². The average Bonchev–Trinajstić information content (AvgIpc) is 2.41. The molecule has 0 aromatic carbocycles. The van der Waals surface area contributed by atoms with Gasteiger partial charge < -0.3 is 11.5 Å². The number of piperidine rings is 1. The molecule has 1 fully saturated rings. The predicted octanol–water partition coefficient (Wildman–Crippen LogP) is 2.24. The maximum atomic E-state index is 6.51. The second-order valence-electron chi connectivity index (χ2n) is 6.17. The van der Waals surface area contributed by atoms with Gasteiger partial charge in [-0.05, 0) is 58.3 Å². The molecule has 1 unspecified atom stereocenters. The number of aromatic nitrogens is 1. The molecule has 4 heteroatoms. The minimum Gasteiger partial charge on any atom is -0.383 e. The largest absolute Gasteiger partial charge is 0.383 e. The molecule has 19 heavy (non-hydrogen) atoms. The van der Waals surface area contributed by atoms with Crippen LogP contribution in [-0.2, 0) is 0 Å². The third-order valence-electron chi connectivity index (χ3n) is 4.35. The van der Waals surface area contributed by atoms with Crippen LogP contribution in [0.3, 0.4) is 0 Å². The average molecular weight is 262 g/mol. The van der Waals surface area contributed by atoms with E-state index in [1.165, 1.54) is 19.3 Å². The Labute approximate surface area is 116 Å². The number of aryl methyl sites for hydroxylation is 1. The number of likely N-dealkylation sites (tertiary alicyclic amines) is 1. The highest BCUT2D eigenvalue weighted by Crippen LogP contribution is 2.33. The molecule has 0 bridgehead atoms. The summed E-state index contributed by atoms with van der Waals surface area (Å²) in [6.07, 6.45) is 5.64. The highest BCUT2D eigenvalue weighted by Gasteiger charge is 2.35. The molecule has 0 saturated carbocycles. The third-order valence-corrected chi connectivity index (χ3v) is 4.35. The number of hydrogen-bond donors (Lipinski definition) is 2. The van der Waals surface area contributed by atoms with Crippen LogP contribution in [0.2, 0.25) is 0 Å². The molecule has 4 N–H and O–H groups in total. The summed E-state index contributed by atoms with van der Waals surface area (Å²) < 4.78 is 0. The molecule has 1 aromatic rings. The van der Waals surface area contributed by atoms with Crippen LogP contribution >= 0.6 is 0 Å². The van der Waals surface area contributed by atoms with Crippen molar-refractivity contribution >= 4 is 5.82 Å². The van der Waals surface area contributed by atoms with Crippen molar-refractivity contribution in [2.75, 3.05) is 18.8 Å². The van der Waals surface area contributed by atoms with Gasteiger partial charge in [0.1, 0.15) is 5.82 Å². The van der Waals surface area contributed by atoms with Crippen molar-refractivity contribution in [2.24, 2.45) is 5.73 Å². The van der Waals surface area contributed by atoms with Crippen molar-refractivity contribution in [3.63, 3.8) is 0 Å². The fourth-order valence-electron chi connectivity index (χ4n) is 2.90. The predicted molar refractivity (Wildman–Crippen MR) is 79.8 cm³/mol. The summed E-state index contributed by atoms with van der Waals surface area (Å²) in [5.41, 5.74) is 14.5. The highest BCUT2D eigenvalue weighted by atomic mass is 15.2. The van der Waals surface area contributed by atoms with E-state index in [-0.39, 0.29) is 11.6 Å². The van der Waals surface area contributed by atoms with E-state index in [1.807, 2.05) is 6.92 Å². The van der Waals surface area contributed by atoms with Gasteiger partial charge in [0.25, 0.3) is 0 Å². The zero-order chi connectivity index (χ0) is 14.0. The molecule has 0 radical (unpaired) electrons. The van der Waals surface area contributed by atoms with Gasteiger partial charge in [-0.1, -0.05) is 6.42 Å². The fraction of sp³-hybridized carbons (Fsp3) is 0.667. The SMILES string of the molecule is Cc1cnc(N)c(C(N)C(C)(C)N2CCCCC2)c1. The van der Waals surface area contributed by atoms with Crippen LogP contribution in [0.15, 0.2) is 12.3 Å². The first-order chi connectivity index (χ1) is 8.93. The first-order valence-corrected chi connectivity index (χ1v) is 7.15. The molecule has 4 nitrogen and oxygen atoms in total. The number of pyridine rings is 1. The minimum atomic E-state index is -0.113. The van der Waals surface area contributed by atoms with Crippen molar-refractivity contribution in [3.05, 3.63) is 23.4 Å². The van der Waals surface area contributed by atoms with E-state index in [0.717, 1.165) is 24.2 Å². The second-order valence-corrected chi connectivity index (χ2v) is 6.17. The molecule has 0 spiro atoms. The van der Waals surface area contributed by atoms with E-state index in [9.17, 15) is 0 Å². The van der Waals surface area contributed by atoms with E-state index in [2.05, 4.69) is 29.8 Å². The summed E-state index contributed by atoms with van der Waals surface area (Å²) in [6.45, 7) is 8.70. The molecular formula is C15H26N4. The summed E-state index contributed by atoms with van der Waals surface area (Å²) in [6, 6.07) is 1.96. The van der Waals surface area contributed by atoms with E-state index in [0.29, 0.717) is 5.82 Å². The first-order valence-electron chi connectivity index (χ1n) is 7.15. The minimum absolute atomic E-state index is 0.0932. The van der Waals surface area contributed by atoms with Crippen molar-refractivity contribution in [2.45, 2.75) is 51.6 Å². The van der Waals surface area contributed by atoms with E-state index < -0.39 is 0 Å². The van der Waals surface area contributed by atoms with Crippen molar-refractivity contribution in [1.82, 2.24) is 9.88 Å². The van der Waals surface area contributed by atoms with Crippen LogP contribution in [0.4, 0.5) is 5.82 Å². The van der Waals surface area contributed by atoms with Gasteiger partial charge in [-0.2, -0.15) is 0 Å². The molecule has 1 aromatic heterocycles. The first kappa shape index (κ1) is 14.3. The smallest absolute Gasteiger partial charge is 0.128 e. The lowest BCUT2D eigenvalue weighted by Gasteiger charge is -2.45. The van der Waals surface area contributed by atoms with Gasteiger partial charge in [0.05, 0.1) is 6.04 Å². The lowest BCUT2D eigenvalue weighted by Crippen LogP contribution is -2.53. The second kappa shape index (κ2) is 5.47. The molecule has 2 heterocycles. The van der Waals surface area contributed by atoms with Crippen LogP contribution in [0.25, 0.3) is 0 Å². The van der Waals surface area contributed by atoms with E-state index in [1.54, 1.807) is 6.20 Å². The molecule has 1 aliphatic rings. The zero-order valence-corrected chi connectivity index (χ0v) is 12.3. The Morgan fingerprint density at radius 1 is 1.26 bits per heavy atom. The number of nitrogens with two attached hydrogens (primary N) is 2. The summed E-state index contributed by atoms with van der Waals surface area (Å²) in [5, 5.41) is 0. The van der Waals surface area contributed by atoms with Crippen molar-refractivity contribution in [3.8, 4) is 0 Å². The van der Waals surface area contributed by atoms with Gasteiger partial charge in [0.2, 0.25) is 0 Å². The lowest BCUT2D eigenvalue weighted by atomic mass is 9.86. The van der Waals surface area contributed by atoms with Crippen LogP contribution in [0.1, 0.15) is 50.3 Å². The number of hydrogen-bond acceptors (Lipinski definition) is 4. The molecule has 2 rings (SSSR count). The van der Waals surface area contributed by atoms with Crippen LogP contribution in [-0.4, -0.2) is 28.5 Å². The van der Waals surface area contributed by atoms with Gasteiger partial charge in [-0.25, -0.2) is 4.98 Å². The summed E-state index contributed by atoms with van der Waals surface area (Å²) >= 11 is 0. The van der Waals surface area contributed by atoms with Gasteiger partial charge in [0, 0.05) is 17.3 Å². The maximum absolute atomic E-state index is 6.51. The Hall–Kier alpha value is -1.13. The Kier molecular flexibility index (Phi) is 4.11. The lowest BCUT2D eigenvalue weighted by molar-refractivity contribution is 0.0731. The molecule has 106 valence electrons. The molecule has 0 aliphatic carbocycles. The molecule has 1 saturated heterocycles. The number of nitrogens with zero attached hydrogens (tertiary/aromatic N) is 2. The molecule has 1 aliphatic heterocycles. The fourth-order valence-corrected chi connectivity index (χ4v) is 2.90. The van der Waals surface area contributed by atoms with Crippen LogP contribution < -0.4 is 11.5 Å². The normalized spacial score (nSPS) is 19.4. The monoisotopic (exact) mass is 262 g/mol. The standard InChI is InChI=1S/C15H26N4/c1-11-9-12(14(17)18-10-11)13(16)15(2,3)19-7-5-4-6-8-19/h9-10,13H,4-8,16H2,1-3H3,(H2,17,18). The number of nitrogen functional groups attached to an aromatic ring is 1. The van der Waals surface area contributed by atoms with Crippen LogP contribution in [0, 0.1) is 6.92 Å². The summed E-state index contributed by atoms with van der Waals surface area (Å²) in [4.78, 5) is 6.73. The summed E-state index contributed by atoms with van der Waals surface area (Å²) in [5.74, 6) is 0.559. The van der Waals surface area contributed by atoms with E-state index >= 15 is 0 Å². The van der Waals surface area contributed by atoms with Crippen molar-refractivity contribution in [1.29, 1.82) is 0 Å². The Bertz CT molecular complexity index is 436. The van der Waals surface area contributed by atoms with Gasteiger partial charge in [0.15, 0.2) is 0 Å². The third kappa shape index (κ3) is 2.90. The number of anilines is 1. The molecular weight excluding hydrogens is 236 g/mol. The van der Waals surface area contributed by atoms with E-state index in [4.69, 9.17) is 11.5 Å². The van der Waals surface area contributed by atoms with Gasteiger partial charge >= 0.3 is 0 Å². The number of rotatable bonds is 3. The molecule has 0 amide bonds.